The Morgan fingerprint density at radius 1 is 1.36 bits per heavy atom. The minimum atomic E-state index is 0.138. The standard InChI is InChI=1S/C17H22N4S/c1-2-3-9-19-17(22)21-12-11-20-10-5-7-15(20)16(21)14-6-4-8-18-13-14/h4-8,10,13,16H,2-3,9,11-12H2,1H3,(H,19,22)/t16-/m1/s1. The second-order valence-electron chi connectivity index (χ2n) is 5.59. The Kier molecular flexibility index (Phi) is 4.73. The van der Waals surface area contributed by atoms with E-state index in [-0.39, 0.29) is 6.04 Å². The highest BCUT2D eigenvalue weighted by atomic mass is 32.1. The Labute approximate surface area is 137 Å². The van der Waals surface area contributed by atoms with Crippen LogP contribution in [0.2, 0.25) is 0 Å². The lowest BCUT2D eigenvalue weighted by Crippen LogP contribution is -2.47. The van der Waals surface area contributed by atoms with Crippen molar-refractivity contribution >= 4 is 17.3 Å². The molecule has 0 bridgehead atoms. The molecular weight excluding hydrogens is 292 g/mol. The van der Waals surface area contributed by atoms with Crippen LogP contribution >= 0.6 is 12.2 Å². The van der Waals surface area contributed by atoms with Gasteiger partial charge in [0, 0.05) is 43.9 Å². The number of hydrogen-bond donors (Lipinski definition) is 1. The van der Waals surface area contributed by atoms with Gasteiger partial charge in [0.05, 0.1) is 6.04 Å². The van der Waals surface area contributed by atoms with Gasteiger partial charge in [-0.1, -0.05) is 19.4 Å². The van der Waals surface area contributed by atoms with Crippen molar-refractivity contribution in [2.24, 2.45) is 0 Å². The van der Waals surface area contributed by atoms with Crippen molar-refractivity contribution in [2.45, 2.75) is 32.4 Å². The largest absolute Gasteiger partial charge is 0.363 e. The predicted molar refractivity (Wildman–Crippen MR) is 92.7 cm³/mol. The highest BCUT2D eigenvalue weighted by Crippen LogP contribution is 2.31. The Bertz CT molecular complexity index is 623. The summed E-state index contributed by atoms with van der Waals surface area (Å²) in [7, 11) is 0. The average Bonchev–Trinajstić information content (AvgIpc) is 3.03. The van der Waals surface area contributed by atoms with Crippen LogP contribution in [-0.4, -0.2) is 32.7 Å². The molecule has 0 spiro atoms. The van der Waals surface area contributed by atoms with Crippen LogP contribution in [0.25, 0.3) is 0 Å². The van der Waals surface area contributed by atoms with Gasteiger partial charge in [-0.15, -0.1) is 0 Å². The summed E-state index contributed by atoms with van der Waals surface area (Å²) in [6.45, 7) is 5.01. The van der Waals surface area contributed by atoms with Crippen molar-refractivity contribution in [1.29, 1.82) is 0 Å². The molecule has 0 radical (unpaired) electrons. The van der Waals surface area contributed by atoms with Gasteiger partial charge in [-0.05, 0) is 42.4 Å². The summed E-state index contributed by atoms with van der Waals surface area (Å²) in [5.41, 5.74) is 2.46. The SMILES string of the molecule is CCCCNC(=S)N1CCn2cccc2[C@H]1c1cccnc1. The first-order valence-electron chi connectivity index (χ1n) is 7.90. The fraction of sp³-hybridized carbons (Fsp3) is 0.412. The normalized spacial score (nSPS) is 17.1. The third-order valence-corrected chi connectivity index (χ3v) is 4.48. The zero-order valence-electron chi connectivity index (χ0n) is 12.9. The van der Waals surface area contributed by atoms with E-state index in [0.29, 0.717) is 0 Å². The van der Waals surface area contributed by atoms with E-state index in [0.717, 1.165) is 31.2 Å². The number of nitrogens with one attached hydrogen (secondary N) is 1. The molecule has 0 fully saturated rings. The van der Waals surface area contributed by atoms with Crippen LogP contribution in [0.15, 0.2) is 42.9 Å². The molecule has 1 N–H and O–H groups in total. The molecule has 0 amide bonds. The van der Waals surface area contributed by atoms with Crippen LogP contribution < -0.4 is 5.32 Å². The molecule has 1 atom stereocenters. The van der Waals surface area contributed by atoms with Gasteiger partial charge < -0.3 is 14.8 Å². The van der Waals surface area contributed by atoms with Gasteiger partial charge in [0.15, 0.2) is 5.11 Å². The molecule has 2 aromatic heterocycles. The molecule has 4 nitrogen and oxygen atoms in total. The molecule has 22 heavy (non-hydrogen) atoms. The molecule has 116 valence electrons. The van der Waals surface area contributed by atoms with E-state index in [2.05, 4.69) is 51.1 Å². The summed E-state index contributed by atoms with van der Waals surface area (Å²) in [4.78, 5) is 6.58. The number of aromatic nitrogens is 2. The highest BCUT2D eigenvalue weighted by Gasteiger charge is 2.30. The van der Waals surface area contributed by atoms with Gasteiger partial charge >= 0.3 is 0 Å². The Balaban J connectivity index is 1.87. The lowest BCUT2D eigenvalue weighted by atomic mass is 10.0. The Morgan fingerprint density at radius 3 is 3.05 bits per heavy atom. The van der Waals surface area contributed by atoms with Crippen LogP contribution in [0.5, 0.6) is 0 Å². The molecule has 3 heterocycles. The van der Waals surface area contributed by atoms with Crippen LogP contribution in [0, 0.1) is 0 Å². The summed E-state index contributed by atoms with van der Waals surface area (Å²) >= 11 is 5.65. The van der Waals surface area contributed by atoms with Crippen molar-refractivity contribution in [3.8, 4) is 0 Å². The van der Waals surface area contributed by atoms with Crippen molar-refractivity contribution in [1.82, 2.24) is 19.8 Å². The minimum Gasteiger partial charge on any atom is -0.363 e. The van der Waals surface area contributed by atoms with E-state index in [4.69, 9.17) is 12.2 Å². The maximum absolute atomic E-state index is 5.65. The summed E-state index contributed by atoms with van der Waals surface area (Å²) in [6.07, 6.45) is 8.21. The maximum Gasteiger partial charge on any atom is 0.169 e. The number of unbranched alkanes of at least 4 members (excludes halogenated alkanes) is 1. The third kappa shape index (κ3) is 2.99. The zero-order valence-corrected chi connectivity index (χ0v) is 13.7. The molecular formula is C17H22N4S. The molecule has 0 unspecified atom stereocenters. The summed E-state index contributed by atoms with van der Waals surface area (Å²) in [6, 6.07) is 8.54. The van der Waals surface area contributed by atoms with Gasteiger partial charge in [0.2, 0.25) is 0 Å². The van der Waals surface area contributed by atoms with E-state index in [1.807, 2.05) is 18.5 Å². The fourth-order valence-corrected chi connectivity index (χ4v) is 3.26. The number of hydrogen-bond acceptors (Lipinski definition) is 2. The lowest BCUT2D eigenvalue weighted by Gasteiger charge is -2.39. The van der Waals surface area contributed by atoms with Crippen LogP contribution in [0.3, 0.4) is 0 Å². The quantitative estimate of drug-likeness (QED) is 0.695. The van der Waals surface area contributed by atoms with E-state index in [1.54, 1.807) is 0 Å². The first kappa shape index (κ1) is 15.0. The Morgan fingerprint density at radius 2 is 2.27 bits per heavy atom. The summed E-state index contributed by atoms with van der Waals surface area (Å²) in [5.74, 6) is 0. The summed E-state index contributed by atoms with van der Waals surface area (Å²) in [5, 5.41) is 4.25. The molecule has 0 saturated carbocycles. The van der Waals surface area contributed by atoms with Crippen molar-refractivity contribution in [3.05, 3.63) is 54.1 Å². The number of thiocarbonyl (C=S) groups is 1. The number of nitrogens with zero attached hydrogens (tertiary/aromatic N) is 3. The van der Waals surface area contributed by atoms with Crippen molar-refractivity contribution in [2.75, 3.05) is 13.1 Å². The highest BCUT2D eigenvalue weighted by molar-refractivity contribution is 7.80. The molecule has 1 aliphatic rings. The van der Waals surface area contributed by atoms with Crippen molar-refractivity contribution in [3.63, 3.8) is 0 Å². The van der Waals surface area contributed by atoms with Gasteiger partial charge in [-0.25, -0.2) is 0 Å². The predicted octanol–water partition coefficient (Wildman–Crippen LogP) is 2.96. The molecule has 5 heteroatoms. The first-order chi connectivity index (χ1) is 10.8. The van der Waals surface area contributed by atoms with E-state index in [1.165, 1.54) is 17.7 Å². The zero-order chi connectivity index (χ0) is 15.4. The molecule has 0 saturated heterocycles. The van der Waals surface area contributed by atoms with Gasteiger partial charge in [-0.2, -0.15) is 0 Å². The summed E-state index contributed by atoms with van der Waals surface area (Å²) < 4.78 is 2.31. The van der Waals surface area contributed by atoms with E-state index < -0.39 is 0 Å². The number of pyridine rings is 1. The second-order valence-corrected chi connectivity index (χ2v) is 5.98. The lowest BCUT2D eigenvalue weighted by molar-refractivity contribution is 0.285. The molecule has 3 rings (SSSR count). The minimum absolute atomic E-state index is 0.138. The topological polar surface area (TPSA) is 33.1 Å². The number of fused-ring (bicyclic) bond motifs is 1. The van der Waals surface area contributed by atoms with Gasteiger partial charge in [-0.3, -0.25) is 4.98 Å². The smallest absolute Gasteiger partial charge is 0.169 e. The van der Waals surface area contributed by atoms with Crippen LogP contribution in [0.4, 0.5) is 0 Å². The second kappa shape index (κ2) is 6.92. The van der Waals surface area contributed by atoms with E-state index >= 15 is 0 Å². The maximum atomic E-state index is 5.65. The van der Waals surface area contributed by atoms with Crippen molar-refractivity contribution < 1.29 is 0 Å². The van der Waals surface area contributed by atoms with E-state index in [9.17, 15) is 0 Å². The molecule has 0 aliphatic carbocycles. The van der Waals surface area contributed by atoms with Gasteiger partial charge in [0.1, 0.15) is 0 Å². The third-order valence-electron chi connectivity index (χ3n) is 4.11. The fourth-order valence-electron chi connectivity index (χ4n) is 2.96. The van der Waals surface area contributed by atoms with Crippen LogP contribution in [-0.2, 0) is 6.54 Å². The number of rotatable bonds is 4. The molecule has 1 aliphatic heterocycles. The monoisotopic (exact) mass is 314 g/mol. The van der Waals surface area contributed by atoms with Gasteiger partial charge in [0.25, 0.3) is 0 Å². The van der Waals surface area contributed by atoms with Crippen LogP contribution in [0.1, 0.15) is 37.1 Å². The average molecular weight is 314 g/mol. The first-order valence-corrected chi connectivity index (χ1v) is 8.31. The Hall–Kier alpha value is -1.88. The molecule has 0 aromatic carbocycles. The molecule has 2 aromatic rings.